The lowest BCUT2D eigenvalue weighted by atomic mass is 10.3. The van der Waals surface area contributed by atoms with Crippen LogP contribution in [0.2, 0.25) is 0 Å². The molecule has 1 aromatic heterocycles. The molecule has 0 unspecified atom stereocenters. The molecule has 78 valence electrons. The molecule has 0 radical (unpaired) electrons. The Balaban J connectivity index is 2.96. The molecule has 0 saturated heterocycles. The summed E-state index contributed by atoms with van der Waals surface area (Å²) in [5, 5.41) is 1.22. The molecule has 3 nitrogen and oxygen atoms in total. The Morgan fingerprint density at radius 1 is 1.50 bits per heavy atom. The predicted octanol–water partition coefficient (Wildman–Crippen LogP) is 2.28. The van der Waals surface area contributed by atoms with Crippen molar-refractivity contribution in [3.05, 3.63) is 21.6 Å². The van der Waals surface area contributed by atoms with Crippen LogP contribution in [0.4, 0.5) is 0 Å². The molecule has 0 aliphatic heterocycles. The third-order valence-corrected chi connectivity index (χ3v) is 3.41. The van der Waals surface area contributed by atoms with E-state index >= 15 is 0 Å². The van der Waals surface area contributed by atoms with Crippen LogP contribution in [-0.4, -0.2) is 15.2 Å². The van der Waals surface area contributed by atoms with E-state index in [4.69, 9.17) is 0 Å². The number of aromatic amines is 1. The van der Waals surface area contributed by atoms with Gasteiger partial charge in [-0.2, -0.15) is 0 Å². The molecule has 1 aromatic rings. The summed E-state index contributed by atoms with van der Waals surface area (Å²) in [6.45, 7) is 7.90. The molecule has 0 amide bonds. The second-order valence-corrected chi connectivity index (χ2v) is 4.85. The van der Waals surface area contributed by atoms with Crippen molar-refractivity contribution in [2.75, 3.05) is 0 Å². The Hall–Kier alpha value is -0.770. The van der Waals surface area contributed by atoms with Crippen molar-refractivity contribution in [3.8, 4) is 0 Å². The standard InChI is InChI=1S/C10H16N2OS/c1-5-6(2)14-10-11-8(4)7(3)9(13)12-10/h6H,5H2,1-4H3,(H,11,12,13)/t6-/m1/s1. The first kappa shape index (κ1) is 11.3. The van der Waals surface area contributed by atoms with E-state index in [1.54, 1.807) is 18.7 Å². The van der Waals surface area contributed by atoms with E-state index in [1.807, 2.05) is 6.92 Å². The smallest absolute Gasteiger partial charge is 0.254 e. The van der Waals surface area contributed by atoms with Crippen LogP contribution in [0, 0.1) is 13.8 Å². The number of aromatic nitrogens is 2. The first-order valence-corrected chi connectivity index (χ1v) is 5.66. The minimum absolute atomic E-state index is 0.0247. The summed E-state index contributed by atoms with van der Waals surface area (Å²) < 4.78 is 0. The minimum atomic E-state index is -0.0247. The summed E-state index contributed by atoms with van der Waals surface area (Å²) >= 11 is 1.61. The van der Waals surface area contributed by atoms with Gasteiger partial charge in [-0.1, -0.05) is 25.6 Å². The van der Waals surface area contributed by atoms with Gasteiger partial charge in [-0.15, -0.1) is 0 Å². The Bertz CT molecular complexity index is 373. The number of hydrogen-bond acceptors (Lipinski definition) is 3. The van der Waals surface area contributed by atoms with Gasteiger partial charge in [0, 0.05) is 16.5 Å². The van der Waals surface area contributed by atoms with Gasteiger partial charge in [0.25, 0.3) is 5.56 Å². The van der Waals surface area contributed by atoms with Crippen molar-refractivity contribution in [3.63, 3.8) is 0 Å². The SMILES string of the molecule is CC[C@@H](C)Sc1nc(C)c(C)c(=O)[nH]1. The lowest BCUT2D eigenvalue weighted by Gasteiger charge is -2.07. The fourth-order valence-corrected chi connectivity index (χ4v) is 1.84. The van der Waals surface area contributed by atoms with E-state index in [-0.39, 0.29) is 5.56 Å². The molecule has 0 aliphatic carbocycles. The van der Waals surface area contributed by atoms with Gasteiger partial charge in [0.05, 0.1) is 0 Å². The van der Waals surface area contributed by atoms with Gasteiger partial charge in [-0.05, 0) is 20.3 Å². The predicted molar refractivity (Wildman–Crippen MR) is 59.9 cm³/mol. The first-order valence-electron chi connectivity index (χ1n) is 4.78. The zero-order valence-corrected chi connectivity index (χ0v) is 9.86. The quantitative estimate of drug-likeness (QED) is 0.617. The monoisotopic (exact) mass is 212 g/mol. The normalized spacial score (nSPS) is 12.9. The van der Waals surface area contributed by atoms with Crippen LogP contribution in [0.3, 0.4) is 0 Å². The molecule has 0 spiro atoms. The average Bonchev–Trinajstić information content (AvgIpc) is 2.14. The Morgan fingerprint density at radius 3 is 2.64 bits per heavy atom. The van der Waals surface area contributed by atoms with Crippen LogP contribution in [0.5, 0.6) is 0 Å². The molecule has 0 saturated carbocycles. The lowest BCUT2D eigenvalue weighted by molar-refractivity contribution is 0.855. The zero-order chi connectivity index (χ0) is 10.7. The zero-order valence-electron chi connectivity index (χ0n) is 9.05. The van der Waals surface area contributed by atoms with Crippen LogP contribution >= 0.6 is 11.8 Å². The molecule has 0 aromatic carbocycles. The van der Waals surface area contributed by atoms with Gasteiger partial charge in [0.2, 0.25) is 0 Å². The number of thioether (sulfide) groups is 1. The summed E-state index contributed by atoms with van der Waals surface area (Å²) in [6, 6.07) is 0. The molecule has 1 atom stereocenters. The van der Waals surface area contributed by atoms with E-state index in [2.05, 4.69) is 23.8 Å². The van der Waals surface area contributed by atoms with Crippen molar-refractivity contribution in [1.29, 1.82) is 0 Å². The first-order chi connectivity index (χ1) is 6.54. The van der Waals surface area contributed by atoms with E-state index in [9.17, 15) is 4.79 Å². The third-order valence-electron chi connectivity index (χ3n) is 2.26. The number of aryl methyl sites for hydroxylation is 1. The van der Waals surface area contributed by atoms with Crippen LogP contribution < -0.4 is 5.56 Å². The highest BCUT2D eigenvalue weighted by Gasteiger charge is 2.07. The summed E-state index contributed by atoms with van der Waals surface area (Å²) in [5.74, 6) is 0. The van der Waals surface area contributed by atoms with Crippen LogP contribution in [-0.2, 0) is 0 Å². The van der Waals surface area contributed by atoms with E-state index < -0.39 is 0 Å². The molecule has 0 fully saturated rings. The summed E-state index contributed by atoms with van der Waals surface area (Å²) in [5.41, 5.74) is 1.50. The molecular weight excluding hydrogens is 196 g/mol. The van der Waals surface area contributed by atoms with E-state index in [0.29, 0.717) is 10.8 Å². The molecule has 14 heavy (non-hydrogen) atoms. The summed E-state index contributed by atoms with van der Waals surface area (Å²) in [4.78, 5) is 18.5. The topological polar surface area (TPSA) is 45.8 Å². The van der Waals surface area contributed by atoms with Crippen molar-refractivity contribution < 1.29 is 0 Å². The molecule has 1 N–H and O–H groups in total. The number of rotatable bonds is 3. The maximum absolute atomic E-state index is 11.4. The number of nitrogens with zero attached hydrogens (tertiary/aromatic N) is 1. The summed E-state index contributed by atoms with van der Waals surface area (Å²) in [6.07, 6.45) is 1.07. The maximum Gasteiger partial charge on any atom is 0.254 e. The molecule has 1 heterocycles. The van der Waals surface area contributed by atoms with Crippen molar-refractivity contribution in [2.45, 2.75) is 44.5 Å². The number of H-pyrrole nitrogens is 1. The second-order valence-electron chi connectivity index (χ2n) is 3.42. The lowest BCUT2D eigenvalue weighted by Crippen LogP contribution is -2.14. The molecule has 0 aliphatic rings. The Kier molecular flexibility index (Phi) is 3.75. The van der Waals surface area contributed by atoms with Crippen molar-refractivity contribution >= 4 is 11.8 Å². The van der Waals surface area contributed by atoms with Gasteiger partial charge in [0.1, 0.15) is 0 Å². The fraction of sp³-hybridized carbons (Fsp3) is 0.600. The average molecular weight is 212 g/mol. The van der Waals surface area contributed by atoms with Crippen LogP contribution in [0.15, 0.2) is 9.95 Å². The maximum atomic E-state index is 11.4. The van der Waals surface area contributed by atoms with Crippen LogP contribution in [0.1, 0.15) is 31.5 Å². The highest BCUT2D eigenvalue weighted by molar-refractivity contribution is 7.99. The Labute approximate surface area is 88.3 Å². The van der Waals surface area contributed by atoms with Gasteiger partial charge in [0.15, 0.2) is 5.16 Å². The third kappa shape index (κ3) is 2.61. The largest absolute Gasteiger partial charge is 0.301 e. The molecule has 0 bridgehead atoms. The highest BCUT2D eigenvalue weighted by atomic mass is 32.2. The Morgan fingerprint density at radius 2 is 2.14 bits per heavy atom. The number of hydrogen-bond donors (Lipinski definition) is 1. The fourth-order valence-electron chi connectivity index (χ4n) is 0.949. The van der Waals surface area contributed by atoms with Gasteiger partial charge >= 0.3 is 0 Å². The highest BCUT2D eigenvalue weighted by Crippen LogP contribution is 2.20. The molecule has 1 rings (SSSR count). The van der Waals surface area contributed by atoms with E-state index in [1.165, 1.54) is 0 Å². The minimum Gasteiger partial charge on any atom is -0.301 e. The van der Waals surface area contributed by atoms with Crippen molar-refractivity contribution in [1.82, 2.24) is 9.97 Å². The number of nitrogens with one attached hydrogen (secondary N) is 1. The van der Waals surface area contributed by atoms with E-state index in [0.717, 1.165) is 17.3 Å². The summed E-state index contributed by atoms with van der Waals surface area (Å²) in [7, 11) is 0. The van der Waals surface area contributed by atoms with Crippen molar-refractivity contribution in [2.24, 2.45) is 0 Å². The van der Waals surface area contributed by atoms with Crippen LogP contribution in [0.25, 0.3) is 0 Å². The van der Waals surface area contributed by atoms with Gasteiger partial charge in [-0.3, -0.25) is 4.79 Å². The van der Waals surface area contributed by atoms with Gasteiger partial charge in [-0.25, -0.2) is 4.98 Å². The molecule has 4 heteroatoms. The molecular formula is C10H16N2OS. The van der Waals surface area contributed by atoms with Gasteiger partial charge < -0.3 is 4.98 Å². The second kappa shape index (κ2) is 4.64.